The molecule has 1 rings (SSSR count). The van der Waals surface area contributed by atoms with Crippen LogP contribution in [-0.2, 0) is 22.0 Å². The Balaban J connectivity index is 2.81. The van der Waals surface area contributed by atoms with Gasteiger partial charge in [0.1, 0.15) is 17.7 Å². The lowest BCUT2D eigenvalue weighted by Gasteiger charge is -2.29. The number of phenols is 1. The number of carbonyl (C=O) groups is 1. The fraction of sp³-hybridized carbons (Fsp3) is 0.686. The van der Waals surface area contributed by atoms with Crippen molar-refractivity contribution in [2.45, 2.75) is 146 Å². The number of nitrogens with zero attached hydrogens (tertiary/aromatic N) is 1. The van der Waals surface area contributed by atoms with E-state index in [4.69, 9.17) is 0 Å². The first-order valence-electron chi connectivity index (χ1n) is 15.4. The Bertz CT molecular complexity index is 1100. The highest BCUT2D eigenvalue weighted by atomic mass is 16.3. The third-order valence-electron chi connectivity index (χ3n) is 7.53. The van der Waals surface area contributed by atoms with Gasteiger partial charge in [0.05, 0.1) is 0 Å². The number of aromatic hydroxyl groups is 1. The van der Waals surface area contributed by atoms with E-state index in [0.717, 1.165) is 34.3 Å². The second-order valence-corrected chi connectivity index (χ2v) is 15.6. The lowest BCUT2D eigenvalue weighted by molar-refractivity contribution is -0.123. The molecule has 42 heavy (non-hydrogen) atoms. The Morgan fingerprint density at radius 2 is 1.45 bits per heavy atom. The molecule has 0 fully saturated rings. The van der Waals surface area contributed by atoms with E-state index in [-0.39, 0.29) is 34.0 Å². The topological polar surface area (TPSA) is 111 Å². The number of phenolic OH excluding ortho intramolecular Hbond substituents is 1. The van der Waals surface area contributed by atoms with Gasteiger partial charge in [-0.1, -0.05) is 108 Å². The van der Waals surface area contributed by atoms with Crippen LogP contribution >= 0.6 is 0 Å². The van der Waals surface area contributed by atoms with Crippen LogP contribution in [0.4, 0.5) is 0 Å². The fourth-order valence-electron chi connectivity index (χ4n) is 5.17. The van der Waals surface area contributed by atoms with Gasteiger partial charge >= 0.3 is 0 Å². The summed E-state index contributed by atoms with van der Waals surface area (Å²) in [5, 5.41) is 24.8. The number of aryl methyl sites for hydroxylation is 1. The summed E-state index contributed by atoms with van der Waals surface area (Å²) in [5.74, 6) is 0.111. The van der Waals surface area contributed by atoms with E-state index in [9.17, 15) is 19.9 Å². The Hall–Kier alpha value is -2.51. The van der Waals surface area contributed by atoms with Gasteiger partial charge in [0.15, 0.2) is 0 Å². The molecule has 0 aliphatic heterocycles. The molecule has 7 heteroatoms. The van der Waals surface area contributed by atoms with Crippen molar-refractivity contribution < 1.29 is 15.0 Å². The first-order chi connectivity index (χ1) is 19.0. The van der Waals surface area contributed by atoms with Crippen LogP contribution in [0.5, 0.6) is 5.75 Å². The monoisotopic (exact) mass is 585 g/mol. The molecule has 1 atom stereocenters. The molecular formula is C35H59N3O4. The molecule has 238 valence electrons. The van der Waals surface area contributed by atoms with Crippen LogP contribution in [0.3, 0.4) is 0 Å². The molecule has 7 nitrogen and oxygen atoms in total. The van der Waals surface area contributed by atoms with Gasteiger partial charge in [-0.2, -0.15) is 0 Å². The van der Waals surface area contributed by atoms with Gasteiger partial charge in [-0.3, -0.25) is 10.2 Å². The van der Waals surface area contributed by atoms with E-state index < -0.39 is 6.23 Å². The van der Waals surface area contributed by atoms with Crippen LogP contribution in [-0.4, -0.2) is 22.3 Å². The Morgan fingerprint density at radius 1 is 0.929 bits per heavy atom. The van der Waals surface area contributed by atoms with Crippen molar-refractivity contribution in [2.24, 2.45) is 16.0 Å². The predicted molar refractivity (Wildman–Crippen MR) is 175 cm³/mol. The maximum Gasteiger partial charge on any atom is 0.234 e. The molecule has 0 spiro atoms. The summed E-state index contributed by atoms with van der Waals surface area (Å²) in [5.41, 5.74) is 9.72. The SMILES string of the molecule is CC/C(=C(N=O)\C(=C/CCCC(O)NNC(=O)CCc1cc(C(C)(C)C)c(O)c(C(C)(C)C)c1)C(C)(C)C)C(C)(C)C. The minimum atomic E-state index is -0.894. The molecule has 0 saturated carbocycles. The quantitative estimate of drug-likeness (QED) is 0.0646. The van der Waals surface area contributed by atoms with Crippen LogP contribution < -0.4 is 10.9 Å². The van der Waals surface area contributed by atoms with Crippen molar-refractivity contribution in [2.75, 3.05) is 0 Å². The first-order valence-corrected chi connectivity index (χ1v) is 15.4. The number of hydrogen-bond acceptors (Lipinski definition) is 6. The summed E-state index contributed by atoms with van der Waals surface area (Å²) in [6, 6.07) is 3.98. The molecule has 0 aliphatic rings. The zero-order chi connectivity index (χ0) is 32.7. The highest BCUT2D eigenvalue weighted by Crippen LogP contribution is 2.41. The molecule has 0 radical (unpaired) electrons. The minimum absolute atomic E-state index is 0.160. The number of allylic oxidation sites excluding steroid dienone is 3. The summed E-state index contributed by atoms with van der Waals surface area (Å²) < 4.78 is 0. The third kappa shape index (κ3) is 11.3. The highest BCUT2D eigenvalue weighted by molar-refractivity contribution is 5.75. The van der Waals surface area contributed by atoms with Crippen molar-refractivity contribution in [3.8, 4) is 5.75 Å². The van der Waals surface area contributed by atoms with Crippen LogP contribution in [0.25, 0.3) is 0 Å². The third-order valence-corrected chi connectivity index (χ3v) is 7.53. The average molecular weight is 586 g/mol. The second kappa shape index (κ2) is 14.8. The second-order valence-electron chi connectivity index (χ2n) is 15.6. The number of unbranched alkanes of at least 4 members (excludes halogenated alkanes) is 1. The Morgan fingerprint density at radius 3 is 1.86 bits per heavy atom. The van der Waals surface area contributed by atoms with Gasteiger partial charge < -0.3 is 10.2 Å². The summed E-state index contributed by atoms with van der Waals surface area (Å²) in [4.78, 5) is 24.5. The molecule has 1 unspecified atom stereocenters. The van der Waals surface area contributed by atoms with Gasteiger partial charge in [0.25, 0.3) is 0 Å². The first kappa shape index (κ1) is 37.5. The molecule has 0 bridgehead atoms. The molecule has 1 amide bonds. The van der Waals surface area contributed by atoms with Crippen LogP contribution in [0.15, 0.2) is 40.2 Å². The van der Waals surface area contributed by atoms with E-state index in [1.165, 1.54) is 0 Å². The average Bonchev–Trinajstić information content (AvgIpc) is 2.82. The number of hydrogen-bond donors (Lipinski definition) is 4. The fourth-order valence-corrected chi connectivity index (χ4v) is 5.17. The molecule has 0 saturated heterocycles. The van der Waals surface area contributed by atoms with Crippen molar-refractivity contribution in [1.29, 1.82) is 0 Å². The number of benzene rings is 1. The maximum atomic E-state index is 12.6. The van der Waals surface area contributed by atoms with Crippen LogP contribution in [0.1, 0.15) is 139 Å². The van der Waals surface area contributed by atoms with Crippen molar-refractivity contribution >= 4 is 5.91 Å². The molecule has 0 aromatic heterocycles. The smallest absolute Gasteiger partial charge is 0.234 e. The van der Waals surface area contributed by atoms with Gasteiger partial charge in [-0.25, -0.2) is 5.43 Å². The van der Waals surface area contributed by atoms with Crippen molar-refractivity contribution in [3.63, 3.8) is 0 Å². The highest BCUT2D eigenvalue weighted by Gasteiger charge is 2.29. The number of aliphatic hydroxyl groups is 1. The van der Waals surface area contributed by atoms with Crippen LogP contribution in [0.2, 0.25) is 0 Å². The lowest BCUT2D eigenvalue weighted by atomic mass is 9.76. The van der Waals surface area contributed by atoms with Crippen molar-refractivity contribution in [3.05, 3.63) is 56.6 Å². The van der Waals surface area contributed by atoms with Gasteiger partial charge in [0.2, 0.25) is 5.91 Å². The molecular weight excluding hydrogens is 526 g/mol. The molecule has 4 N–H and O–H groups in total. The number of carbonyl (C=O) groups excluding carboxylic acids is 1. The number of nitrogens with one attached hydrogen (secondary N) is 2. The summed E-state index contributed by atoms with van der Waals surface area (Å²) in [6.45, 7) is 27.0. The number of rotatable bonds is 12. The van der Waals surface area contributed by atoms with Gasteiger partial charge in [-0.05, 0) is 86.8 Å². The summed E-state index contributed by atoms with van der Waals surface area (Å²) in [7, 11) is 0. The molecule has 1 aromatic rings. The van der Waals surface area contributed by atoms with E-state index in [0.29, 0.717) is 37.1 Å². The molecule has 1 aromatic carbocycles. The van der Waals surface area contributed by atoms with Gasteiger partial charge in [-0.15, -0.1) is 4.91 Å². The number of aliphatic hydroxyl groups excluding tert-OH is 1. The van der Waals surface area contributed by atoms with Gasteiger partial charge in [0, 0.05) is 6.42 Å². The van der Waals surface area contributed by atoms with E-state index in [1.807, 2.05) is 12.1 Å². The normalized spacial score (nSPS) is 14.9. The van der Waals surface area contributed by atoms with E-state index >= 15 is 0 Å². The van der Waals surface area contributed by atoms with Crippen molar-refractivity contribution in [1.82, 2.24) is 10.9 Å². The lowest BCUT2D eigenvalue weighted by Crippen LogP contribution is -2.44. The molecule has 0 aliphatic carbocycles. The largest absolute Gasteiger partial charge is 0.507 e. The zero-order valence-corrected chi connectivity index (χ0v) is 28.7. The van der Waals surface area contributed by atoms with Crippen LogP contribution in [0, 0.1) is 15.7 Å². The Labute approximate surface area is 255 Å². The maximum absolute atomic E-state index is 12.6. The van der Waals surface area contributed by atoms with E-state index in [2.05, 4.69) is 112 Å². The zero-order valence-electron chi connectivity index (χ0n) is 28.7. The summed E-state index contributed by atoms with van der Waals surface area (Å²) in [6.07, 6.45) is 4.47. The number of amides is 1. The summed E-state index contributed by atoms with van der Waals surface area (Å²) >= 11 is 0. The predicted octanol–water partition coefficient (Wildman–Crippen LogP) is 8.48. The minimum Gasteiger partial charge on any atom is -0.507 e. The number of hydrazine groups is 1. The number of nitroso groups, excluding NO2 is 1. The molecule has 0 heterocycles. The van der Waals surface area contributed by atoms with E-state index in [1.54, 1.807) is 0 Å². The Kier molecular flexibility index (Phi) is 13.2. The standard InChI is InChI=1S/C35H59N3O4/c1-14-24(32(2,3)4)30(38-42)25(33(5,6)7)17-15-16-18-28(39)36-37-29(40)20-19-23-21-26(34(8,9)10)31(41)27(22-23)35(11,12)13/h17,21-22,28,36,39,41H,14-16,18-20H2,1-13H3,(H,37,40)/b25-17+,30-24-.